The number of rotatable bonds is 4. The van der Waals surface area contributed by atoms with Crippen LogP contribution in [-0.4, -0.2) is 34.8 Å². The molecule has 0 unspecified atom stereocenters. The summed E-state index contributed by atoms with van der Waals surface area (Å²) in [6.07, 6.45) is 6.77. The molecule has 23 heavy (non-hydrogen) atoms. The van der Waals surface area contributed by atoms with E-state index in [0.29, 0.717) is 11.6 Å². The summed E-state index contributed by atoms with van der Waals surface area (Å²) in [4.78, 5) is 30.8. The normalized spacial score (nSPS) is 20.0. The number of likely N-dealkylation sites (tertiary alicyclic amines) is 1. The minimum Gasteiger partial charge on any atom is -0.342 e. The molecule has 0 radical (unpaired) electrons. The molecule has 1 saturated heterocycles. The Morgan fingerprint density at radius 2 is 1.96 bits per heavy atom. The molecule has 1 saturated carbocycles. The van der Waals surface area contributed by atoms with E-state index in [9.17, 15) is 9.59 Å². The van der Waals surface area contributed by atoms with Crippen molar-refractivity contribution in [3.63, 3.8) is 0 Å². The lowest BCUT2D eigenvalue weighted by atomic mass is 9.99. The number of hydrogen-bond acceptors (Lipinski definition) is 4. The number of nitrogens with one attached hydrogen (secondary N) is 1. The molecule has 0 aromatic carbocycles. The number of carbonyl (C=O) groups is 2. The SMILES string of the molecule is CC1CCN(C(=O)Cc2csc(NC(=O)C3CCCC3)n2)CC1. The Balaban J connectivity index is 1.50. The van der Waals surface area contributed by atoms with Crippen molar-refractivity contribution in [2.45, 2.75) is 51.9 Å². The molecule has 1 aliphatic heterocycles. The van der Waals surface area contributed by atoms with Crippen LogP contribution in [0.1, 0.15) is 51.1 Å². The fraction of sp³-hybridized carbons (Fsp3) is 0.706. The van der Waals surface area contributed by atoms with E-state index in [1.165, 1.54) is 11.3 Å². The van der Waals surface area contributed by atoms with Gasteiger partial charge in [-0.25, -0.2) is 4.98 Å². The zero-order valence-electron chi connectivity index (χ0n) is 13.7. The predicted octanol–water partition coefficient (Wildman–Crippen LogP) is 3.07. The smallest absolute Gasteiger partial charge is 0.229 e. The minimum atomic E-state index is 0.0831. The Labute approximate surface area is 141 Å². The van der Waals surface area contributed by atoms with Gasteiger partial charge in [-0.2, -0.15) is 0 Å². The third-order valence-electron chi connectivity index (χ3n) is 4.98. The molecule has 1 N–H and O–H groups in total. The number of carbonyl (C=O) groups excluding carboxylic acids is 2. The van der Waals surface area contributed by atoms with Gasteiger partial charge in [0.15, 0.2) is 5.13 Å². The highest BCUT2D eigenvalue weighted by Gasteiger charge is 2.24. The van der Waals surface area contributed by atoms with Crippen LogP contribution >= 0.6 is 11.3 Å². The summed E-state index contributed by atoms with van der Waals surface area (Å²) in [6.45, 7) is 3.95. The Hall–Kier alpha value is -1.43. The molecule has 1 aromatic rings. The number of thiazole rings is 1. The third-order valence-corrected chi connectivity index (χ3v) is 5.78. The standard InChI is InChI=1S/C17H25N3O2S/c1-12-6-8-20(9-7-12)15(21)10-14-11-23-17(18-14)19-16(22)13-4-2-3-5-13/h11-13H,2-10H2,1H3,(H,18,19,22). The van der Waals surface area contributed by atoms with Crippen molar-refractivity contribution in [3.8, 4) is 0 Å². The molecular formula is C17H25N3O2S. The molecular weight excluding hydrogens is 310 g/mol. The molecule has 0 atom stereocenters. The number of aromatic nitrogens is 1. The molecule has 2 fully saturated rings. The maximum atomic E-state index is 12.3. The van der Waals surface area contributed by atoms with E-state index in [4.69, 9.17) is 0 Å². The Kier molecular flexibility index (Phi) is 5.30. The maximum absolute atomic E-state index is 12.3. The summed E-state index contributed by atoms with van der Waals surface area (Å²) >= 11 is 1.41. The lowest BCUT2D eigenvalue weighted by Gasteiger charge is -2.30. The van der Waals surface area contributed by atoms with Crippen LogP contribution in [-0.2, 0) is 16.0 Å². The fourth-order valence-corrected chi connectivity index (χ4v) is 4.08. The Bertz CT molecular complexity index is 558. The quantitative estimate of drug-likeness (QED) is 0.920. The number of nitrogens with zero attached hydrogens (tertiary/aromatic N) is 2. The first-order valence-corrected chi connectivity index (χ1v) is 9.53. The average Bonchev–Trinajstić information content (AvgIpc) is 3.19. The lowest BCUT2D eigenvalue weighted by Crippen LogP contribution is -2.38. The molecule has 5 nitrogen and oxygen atoms in total. The first-order chi connectivity index (χ1) is 11.1. The van der Waals surface area contributed by atoms with Crippen LogP contribution in [0.4, 0.5) is 5.13 Å². The molecule has 1 aromatic heterocycles. The van der Waals surface area contributed by atoms with Crippen molar-refractivity contribution in [1.29, 1.82) is 0 Å². The molecule has 0 spiro atoms. The number of hydrogen-bond donors (Lipinski definition) is 1. The third kappa shape index (κ3) is 4.31. The van der Waals surface area contributed by atoms with Crippen molar-refractivity contribution >= 4 is 28.3 Å². The summed E-state index contributed by atoms with van der Waals surface area (Å²) in [5, 5.41) is 5.41. The van der Waals surface area contributed by atoms with Gasteiger partial charge in [0.2, 0.25) is 11.8 Å². The molecule has 1 aliphatic carbocycles. The van der Waals surface area contributed by atoms with Gasteiger partial charge in [-0.3, -0.25) is 9.59 Å². The van der Waals surface area contributed by atoms with E-state index in [1.807, 2.05) is 10.3 Å². The van der Waals surface area contributed by atoms with Gasteiger partial charge < -0.3 is 10.2 Å². The van der Waals surface area contributed by atoms with Crippen LogP contribution in [0.5, 0.6) is 0 Å². The summed E-state index contributed by atoms with van der Waals surface area (Å²) in [7, 11) is 0. The van der Waals surface area contributed by atoms with E-state index >= 15 is 0 Å². The van der Waals surface area contributed by atoms with Gasteiger partial charge >= 0.3 is 0 Å². The number of piperidine rings is 1. The second-order valence-electron chi connectivity index (χ2n) is 6.85. The van der Waals surface area contributed by atoms with E-state index in [0.717, 1.165) is 63.2 Å². The topological polar surface area (TPSA) is 62.3 Å². The highest BCUT2D eigenvalue weighted by molar-refractivity contribution is 7.13. The Morgan fingerprint density at radius 3 is 2.65 bits per heavy atom. The first kappa shape index (κ1) is 16.4. The summed E-state index contributed by atoms with van der Waals surface area (Å²) in [6, 6.07) is 0. The van der Waals surface area contributed by atoms with Gasteiger partial charge in [0.25, 0.3) is 0 Å². The average molecular weight is 335 g/mol. The van der Waals surface area contributed by atoms with Gasteiger partial charge in [0.1, 0.15) is 0 Å². The van der Waals surface area contributed by atoms with Gasteiger partial charge in [-0.15, -0.1) is 11.3 Å². The molecule has 126 valence electrons. The highest BCUT2D eigenvalue weighted by Crippen LogP contribution is 2.27. The van der Waals surface area contributed by atoms with E-state index < -0.39 is 0 Å². The van der Waals surface area contributed by atoms with Crippen LogP contribution in [0.15, 0.2) is 5.38 Å². The van der Waals surface area contributed by atoms with Crippen molar-refractivity contribution in [1.82, 2.24) is 9.88 Å². The molecule has 2 heterocycles. The number of anilines is 1. The summed E-state index contributed by atoms with van der Waals surface area (Å²) in [5.74, 6) is 1.09. The van der Waals surface area contributed by atoms with Gasteiger partial charge in [-0.05, 0) is 31.6 Å². The second kappa shape index (κ2) is 7.43. The second-order valence-corrected chi connectivity index (χ2v) is 7.71. The van der Waals surface area contributed by atoms with Gasteiger partial charge in [0, 0.05) is 24.4 Å². The largest absolute Gasteiger partial charge is 0.342 e. The van der Waals surface area contributed by atoms with Gasteiger partial charge in [0.05, 0.1) is 12.1 Å². The monoisotopic (exact) mass is 335 g/mol. The lowest BCUT2D eigenvalue weighted by molar-refractivity contribution is -0.131. The zero-order valence-corrected chi connectivity index (χ0v) is 14.5. The van der Waals surface area contributed by atoms with Crippen molar-refractivity contribution in [2.75, 3.05) is 18.4 Å². The number of amides is 2. The summed E-state index contributed by atoms with van der Waals surface area (Å²) < 4.78 is 0. The van der Waals surface area contributed by atoms with Crippen molar-refractivity contribution in [3.05, 3.63) is 11.1 Å². The van der Waals surface area contributed by atoms with E-state index in [2.05, 4.69) is 17.2 Å². The zero-order chi connectivity index (χ0) is 16.2. The highest BCUT2D eigenvalue weighted by atomic mass is 32.1. The molecule has 3 rings (SSSR count). The molecule has 0 bridgehead atoms. The van der Waals surface area contributed by atoms with Crippen molar-refractivity contribution in [2.24, 2.45) is 11.8 Å². The maximum Gasteiger partial charge on any atom is 0.229 e. The Morgan fingerprint density at radius 1 is 1.26 bits per heavy atom. The van der Waals surface area contributed by atoms with Crippen LogP contribution in [0, 0.1) is 11.8 Å². The van der Waals surface area contributed by atoms with Gasteiger partial charge in [-0.1, -0.05) is 19.8 Å². The van der Waals surface area contributed by atoms with Crippen molar-refractivity contribution < 1.29 is 9.59 Å². The first-order valence-electron chi connectivity index (χ1n) is 8.65. The molecule has 2 aliphatic rings. The summed E-state index contributed by atoms with van der Waals surface area (Å²) in [5.41, 5.74) is 0.764. The molecule has 6 heteroatoms. The van der Waals surface area contributed by atoms with Crippen LogP contribution < -0.4 is 5.32 Å². The minimum absolute atomic E-state index is 0.0831. The van der Waals surface area contributed by atoms with Crippen LogP contribution in [0.2, 0.25) is 0 Å². The molecule has 2 amide bonds. The van der Waals surface area contributed by atoms with Crippen LogP contribution in [0.3, 0.4) is 0 Å². The van der Waals surface area contributed by atoms with E-state index in [-0.39, 0.29) is 17.7 Å². The fourth-order valence-electron chi connectivity index (χ4n) is 3.37. The van der Waals surface area contributed by atoms with Crippen LogP contribution in [0.25, 0.3) is 0 Å². The van der Waals surface area contributed by atoms with E-state index in [1.54, 1.807) is 0 Å². The predicted molar refractivity (Wildman–Crippen MR) is 91.4 cm³/mol.